The molecule has 1 N–H and O–H groups in total. The first-order valence-corrected chi connectivity index (χ1v) is 11.3. The van der Waals surface area contributed by atoms with Gasteiger partial charge in [0.2, 0.25) is 0 Å². The van der Waals surface area contributed by atoms with E-state index in [2.05, 4.69) is 25.3 Å². The molecule has 2 aliphatic rings. The predicted octanol–water partition coefficient (Wildman–Crippen LogP) is 3.12. The van der Waals surface area contributed by atoms with Crippen LogP contribution in [-0.2, 0) is 22.3 Å². The van der Waals surface area contributed by atoms with Gasteiger partial charge in [-0.15, -0.1) is 0 Å². The third kappa shape index (κ3) is 4.17. The summed E-state index contributed by atoms with van der Waals surface area (Å²) in [4.78, 5) is 31.4. The lowest BCUT2D eigenvalue weighted by Crippen LogP contribution is -2.38. The van der Waals surface area contributed by atoms with Gasteiger partial charge in [-0.1, -0.05) is 0 Å². The Kier molecular flexibility index (Phi) is 5.84. The number of nitrogens with zero attached hydrogens (tertiary/aromatic N) is 6. The van der Waals surface area contributed by atoms with Gasteiger partial charge < -0.3 is 19.5 Å². The van der Waals surface area contributed by atoms with E-state index in [-0.39, 0.29) is 18.1 Å². The number of carbonyl (C=O) groups excluding carboxylic acids is 1. The third-order valence-electron chi connectivity index (χ3n) is 6.21. The molecular weight excluding hydrogens is 451 g/mol. The van der Waals surface area contributed by atoms with Gasteiger partial charge in [-0.25, -0.2) is 15.0 Å². The van der Waals surface area contributed by atoms with Crippen molar-refractivity contribution in [1.29, 1.82) is 0 Å². The Morgan fingerprint density at radius 2 is 2.09 bits per heavy atom. The van der Waals surface area contributed by atoms with Gasteiger partial charge in [0.05, 0.1) is 0 Å². The lowest BCUT2D eigenvalue weighted by molar-refractivity contribution is -0.141. The molecule has 0 aromatic carbocycles. The number of anilines is 1. The largest absolute Gasteiger partial charge is 0.433 e. The fourth-order valence-electron chi connectivity index (χ4n) is 4.50. The summed E-state index contributed by atoms with van der Waals surface area (Å²) in [5.41, 5.74) is 0.581. The Hall–Kier alpha value is -3.28. The first kappa shape index (κ1) is 22.5. The molecule has 0 spiro atoms. The number of hydrogen-bond acceptors (Lipinski definition) is 7. The summed E-state index contributed by atoms with van der Waals surface area (Å²) in [7, 11) is 0. The van der Waals surface area contributed by atoms with Gasteiger partial charge in [-0.3, -0.25) is 9.78 Å². The van der Waals surface area contributed by atoms with Gasteiger partial charge in [-0.05, 0) is 38.3 Å². The highest BCUT2D eigenvalue weighted by Gasteiger charge is 2.34. The monoisotopic (exact) mass is 475 g/mol. The van der Waals surface area contributed by atoms with Gasteiger partial charge in [0.1, 0.15) is 23.9 Å². The molecule has 1 unspecified atom stereocenters. The summed E-state index contributed by atoms with van der Waals surface area (Å²) in [5, 5.41) is 3.38. The number of fused-ring (bicyclic) bond motifs is 1. The van der Waals surface area contributed by atoms with E-state index < -0.39 is 11.9 Å². The van der Waals surface area contributed by atoms with Gasteiger partial charge in [-0.2, -0.15) is 13.2 Å². The van der Waals surface area contributed by atoms with Gasteiger partial charge >= 0.3 is 6.18 Å². The van der Waals surface area contributed by atoms with Crippen molar-refractivity contribution >= 4 is 22.9 Å². The van der Waals surface area contributed by atoms with Crippen molar-refractivity contribution in [3.63, 3.8) is 0 Å². The van der Waals surface area contributed by atoms with E-state index in [1.807, 2.05) is 16.4 Å². The van der Waals surface area contributed by atoms with E-state index in [4.69, 9.17) is 4.74 Å². The quantitative estimate of drug-likeness (QED) is 0.606. The lowest BCUT2D eigenvalue weighted by Gasteiger charge is -2.20. The summed E-state index contributed by atoms with van der Waals surface area (Å²) in [6, 6.07) is 2.29. The highest BCUT2D eigenvalue weighted by Crippen LogP contribution is 2.31. The Balaban J connectivity index is 1.39. The maximum absolute atomic E-state index is 12.9. The van der Waals surface area contributed by atoms with E-state index in [0.29, 0.717) is 54.6 Å². The highest BCUT2D eigenvalue weighted by molar-refractivity contribution is 5.86. The summed E-state index contributed by atoms with van der Waals surface area (Å²) >= 11 is 0. The highest BCUT2D eigenvalue weighted by atomic mass is 19.4. The minimum absolute atomic E-state index is 0.00795. The third-order valence-corrected chi connectivity index (χ3v) is 6.21. The Labute approximate surface area is 193 Å². The first-order valence-electron chi connectivity index (χ1n) is 11.3. The number of aryl methyl sites for hydroxylation is 1. The molecule has 3 aromatic heterocycles. The smallest absolute Gasteiger partial charge is 0.368 e. The van der Waals surface area contributed by atoms with Gasteiger partial charge in [0.25, 0.3) is 5.91 Å². The summed E-state index contributed by atoms with van der Waals surface area (Å²) < 4.78 is 46.1. The van der Waals surface area contributed by atoms with Crippen LogP contribution in [0.5, 0.6) is 0 Å². The molecule has 2 atom stereocenters. The van der Waals surface area contributed by atoms with E-state index >= 15 is 0 Å². The molecule has 2 fully saturated rings. The Morgan fingerprint density at radius 3 is 2.76 bits per heavy atom. The van der Waals surface area contributed by atoms with Crippen LogP contribution in [-0.4, -0.2) is 67.2 Å². The number of likely N-dealkylation sites (tertiary alicyclic amines) is 1. The van der Waals surface area contributed by atoms with Crippen molar-refractivity contribution in [1.82, 2.24) is 29.4 Å². The van der Waals surface area contributed by atoms with Crippen LogP contribution < -0.4 is 5.32 Å². The number of amides is 1. The van der Waals surface area contributed by atoms with Crippen LogP contribution in [0.1, 0.15) is 31.9 Å². The lowest BCUT2D eigenvalue weighted by atomic mass is 10.2. The maximum atomic E-state index is 12.9. The second-order valence-electron chi connectivity index (χ2n) is 8.42. The predicted molar refractivity (Wildman–Crippen MR) is 117 cm³/mol. The second kappa shape index (κ2) is 8.82. The van der Waals surface area contributed by atoms with Crippen molar-refractivity contribution in [3.05, 3.63) is 30.4 Å². The molecule has 5 heterocycles. The number of pyridine rings is 1. The molecular formula is C22H24F3N7O2. The number of halogens is 3. The molecule has 5 rings (SSSR count). The summed E-state index contributed by atoms with van der Waals surface area (Å²) in [6.07, 6.45) is 0.169. The molecule has 0 radical (unpaired) electrons. The zero-order chi connectivity index (χ0) is 23.9. The molecule has 0 aliphatic carbocycles. The molecule has 0 saturated carbocycles. The number of aromatic nitrogens is 5. The van der Waals surface area contributed by atoms with E-state index in [1.54, 1.807) is 0 Å². The van der Waals surface area contributed by atoms with Crippen molar-refractivity contribution < 1.29 is 22.7 Å². The summed E-state index contributed by atoms with van der Waals surface area (Å²) in [6.45, 7) is 4.21. The minimum Gasteiger partial charge on any atom is -0.368 e. The average Bonchev–Trinajstić information content (AvgIpc) is 3.58. The van der Waals surface area contributed by atoms with Crippen molar-refractivity contribution in [2.45, 2.75) is 51.1 Å². The molecule has 1 amide bonds. The van der Waals surface area contributed by atoms with Crippen LogP contribution in [0.4, 0.5) is 19.0 Å². The molecule has 3 aromatic rings. The standard InChI is InChI=1S/C22H24F3N7O2/c1-2-32-19(13-5-6-16(26-10-13)22(23,24)25)30-17-18(27-12-28-20(17)32)29-14-7-8-31(11-14)21(33)15-4-3-9-34-15/h5-6,10,12,14-15H,2-4,7-9,11H2,1H3,(H,27,28,29)/t14-,15?/m0/s1. The topological polar surface area (TPSA) is 98.1 Å². The SMILES string of the molecule is CCn1c(-c2ccc(C(F)(F)F)nc2)nc2c(N[C@H]3CCN(C(=O)C4CCCO4)C3)ncnc21. The fraction of sp³-hybridized carbons (Fsp3) is 0.500. The van der Waals surface area contributed by atoms with Gasteiger partial charge in [0.15, 0.2) is 17.0 Å². The second-order valence-corrected chi connectivity index (χ2v) is 8.42. The minimum atomic E-state index is -4.51. The fourth-order valence-corrected chi connectivity index (χ4v) is 4.50. The maximum Gasteiger partial charge on any atom is 0.433 e. The molecule has 34 heavy (non-hydrogen) atoms. The normalized spacial score (nSPS) is 20.9. The molecule has 12 heteroatoms. The van der Waals surface area contributed by atoms with Crippen LogP contribution in [0.15, 0.2) is 24.7 Å². The van der Waals surface area contributed by atoms with E-state index in [9.17, 15) is 18.0 Å². The average molecular weight is 475 g/mol. The molecule has 0 bridgehead atoms. The van der Waals surface area contributed by atoms with Crippen LogP contribution in [0, 0.1) is 0 Å². The number of imidazole rings is 1. The van der Waals surface area contributed by atoms with Crippen LogP contribution in [0.25, 0.3) is 22.6 Å². The molecule has 9 nitrogen and oxygen atoms in total. The number of ether oxygens (including phenoxy) is 1. The molecule has 2 saturated heterocycles. The number of alkyl halides is 3. The van der Waals surface area contributed by atoms with Crippen molar-refractivity contribution in [2.24, 2.45) is 0 Å². The molecule has 2 aliphatic heterocycles. The van der Waals surface area contributed by atoms with Crippen LogP contribution in [0.2, 0.25) is 0 Å². The zero-order valence-electron chi connectivity index (χ0n) is 18.5. The van der Waals surface area contributed by atoms with Gasteiger partial charge in [0, 0.05) is 44.0 Å². The summed E-state index contributed by atoms with van der Waals surface area (Å²) in [5.74, 6) is 1.01. The van der Waals surface area contributed by atoms with Crippen LogP contribution in [0.3, 0.4) is 0 Å². The van der Waals surface area contributed by atoms with Crippen molar-refractivity contribution in [3.8, 4) is 11.4 Å². The first-order chi connectivity index (χ1) is 16.3. The number of rotatable bonds is 5. The number of carbonyl (C=O) groups is 1. The van der Waals surface area contributed by atoms with E-state index in [1.165, 1.54) is 18.6 Å². The van der Waals surface area contributed by atoms with Crippen LogP contribution >= 0.6 is 0 Å². The number of hydrogen-bond donors (Lipinski definition) is 1. The van der Waals surface area contributed by atoms with E-state index in [0.717, 1.165) is 25.3 Å². The Bertz CT molecular complexity index is 1190. The zero-order valence-corrected chi connectivity index (χ0v) is 18.5. The van der Waals surface area contributed by atoms with Crippen molar-refractivity contribution in [2.75, 3.05) is 25.0 Å². The molecule has 180 valence electrons. The number of nitrogens with one attached hydrogen (secondary N) is 1. The Morgan fingerprint density at radius 1 is 1.24 bits per heavy atom.